The van der Waals surface area contributed by atoms with E-state index < -0.39 is 6.03 Å². The van der Waals surface area contributed by atoms with Gasteiger partial charge in [0.25, 0.3) is 0 Å². The molecule has 0 bridgehead atoms. The number of carbonyl (C=O) groups is 1. The second-order valence-corrected chi connectivity index (χ2v) is 5.84. The minimum atomic E-state index is -0.580. The number of hydrazone groups is 1. The largest absolute Gasteiger partial charge is 0.350 e. The Balaban J connectivity index is 2.83. The molecule has 1 aliphatic carbocycles. The topological polar surface area (TPSA) is 67.5 Å². The number of amides is 2. The number of nitrogens with zero attached hydrogens (tertiary/aromatic N) is 1. The SMILES string of the molecule is CCC[C@H]1[C@@H](/C(C)=N/NC(N)=O)C1(CCC)CCC. The standard InChI is InChI=1S/C15H29N3O/c1-5-8-12-13(11(4)17-18-14(16)19)15(12,9-6-2)10-7-3/h12-13H,5-10H2,1-4H3,(H3,16,18,19)/b17-11+/t12-,13+/m0/s1. The van der Waals surface area contributed by atoms with Gasteiger partial charge in [-0.1, -0.05) is 40.0 Å². The molecule has 0 radical (unpaired) electrons. The lowest BCUT2D eigenvalue weighted by Gasteiger charge is -2.16. The molecule has 0 spiro atoms. The van der Waals surface area contributed by atoms with E-state index in [1.165, 1.54) is 38.5 Å². The van der Waals surface area contributed by atoms with Gasteiger partial charge >= 0.3 is 6.03 Å². The highest BCUT2D eigenvalue weighted by Crippen LogP contribution is 2.66. The molecule has 110 valence electrons. The molecule has 1 aliphatic rings. The van der Waals surface area contributed by atoms with Crippen LogP contribution in [0.2, 0.25) is 0 Å². The van der Waals surface area contributed by atoms with Crippen molar-refractivity contribution in [1.29, 1.82) is 0 Å². The number of nitrogens with one attached hydrogen (secondary N) is 1. The molecule has 2 atom stereocenters. The molecule has 2 amide bonds. The van der Waals surface area contributed by atoms with E-state index >= 15 is 0 Å². The molecule has 0 unspecified atom stereocenters. The second kappa shape index (κ2) is 6.92. The highest BCUT2D eigenvalue weighted by Gasteiger charge is 2.62. The fourth-order valence-corrected chi connectivity index (χ4v) is 4.00. The van der Waals surface area contributed by atoms with Crippen molar-refractivity contribution in [2.45, 2.75) is 66.2 Å². The van der Waals surface area contributed by atoms with Crippen molar-refractivity contribution in [3.63, 3.8) is 0 Å². The maximum absolute atomic E-state index is 10.8. The van der Waals surface area contributed by atoms with E-state index in [0.29, 0.717) is 11.3 Å². The van der Waals surface area contributed by atoms with Crippen molar-refractivity contribution < 1.29 is 4.79 Å². The van der Waals surface area contributed by atoms with Crippen molar-refractivity contribution in [2.24, 2.45) is 28.1 Å². The van der Waals surface area contributed by atoms with Crippen LogP contribution in [-0.4, -0.2) is 11.7 Å². The Labute approximate surface area is 117 Å². The van der Waals surface area contributed by atoms with Crippen molar-refractivity contribution >= 4 is 11.7 Å². The smallest absolute Gasteiger partial charge is 0.332 e. The van der Waals surface area contributed by atoms with Gasteiger partial charge in [-0.05, 0) is 37.5 Å². The number of primary amides is 1. The minimum Gasteiger partial charge on any atom is -0.350 e. The lowest BCUT2D eigenvalue weighted by Crippen LogP contribution is -2.26. The van der Waals surface area contributed by atoms with E-state index in [1.54, 1.807) is 0 Å². The van der Waals surface area contributed by atoms with Crippen molar-refractivity contribution in [3.05, 3.63) is 0 Å². The quantitative estimate of drug-likeness (QED) is 0.511. The summed E-state index contributed by atoms with van der Waals surface area (Å²) in [7, 11) is 0. The van der Waals surface area contributed by atoms with E-state index in [4.69, 9.17) is 5.73 Å². The van der Waals surface area contributed by atoms with Gasteiger partial charge in [-0.15, -0.1) is 0 Å². The first-order valence-corrected chi connectivity index (χ1v) is 7.63. The van der Waals surface area contributed by atoms with Crippen LogP contribution in [0.25, 0.3) is 0 Å². The summed E-state index contributed by atoms with van der Waals surface area (Å²) in [4.78, 5) is 10.8. The molecule has 0 heterocycles. The molecule has 1 fully saturated rings. The van der Waals surface area contributed by atoms with Gasteiger partial charge in [-0.25, -0.2) is 10.2 Å². The zero-order valence-electron chi connectivity index (χ0n) is 12.8. The van der Waals surface area contributed by atoms with E-state index in [0.717, 1.165) is 11.6 Å². The molecule has 0 aliphatic heterocycles. The van der Waals surface area contributed by atoms with Gasteiger partial charge in [0.15, 0.2) is 0 Å². The van der Waals surface area contributed by atoms with E-state index in [2.05, 4.69) is 31.3 Å². The molecular formula is C15H29N3O. The zero-order valence-corrected chi connectivity index (χ0v) is 12.8. The molecule has 19 heavy (non-hydrogen) atoms. The molecule has 0 aromatic carbocycles. The van der Waals surface area contributed by atoms with Gasteiger partial charge in [0.2, 0.25) is 0 Å². The van der Waals surface area contributed by atoms with E-state index in [9.17, 15) is 4.79 Å². The summed E-state index contributed by atoms with van der Waals surface area (Å²) in [6.07, 6.45) is 7.43. The lowest BCUT2D eigenvalue weighted by molar-refractivity contribution is 0.249. The fraction of sp³-hybridized carbons (Fsp3) is 0.867. The van der Waals surface area contributed by atoms with Crippen LogP contribution in [0.4, 0.5) is 4.79 Å². The Morgan fingerprint density at radius 1 is 1.21 bits per heavy atom. The van der Waals surface area contributed by atoms with Crippen LogP contribution in [0.3, 0.4) is 0 Å². The predicted octanol–water partition coefficient (Wildman–Crippen LogP) is 3.66. The Kier molecular flexibility index (Phi) is 5.83. The highest BCUT2D eigenvalue weighted by atomic mass is 16.2. The van der Waals surface area contributed by atoms with Gasteiger partial charge in [-0.3, -0.25) is 0 Å². The molecule has 1 rings (SSSR count). The molecule has 3 N–H and O–H groups in total. The molecule has 0 aromatic heterocycles. The molecule has 4 nitrogen and oxygen atoms in total. The molecule has 4 heteroatoms. The zero-order chi connectivity index (χ0) is 14.5. The highest BCUT2D eigenvalue weighted by molar-refractivity contribution is 5.89. The summed E-state index contributed by atoms with van der Waals surface area (Å²) in [6, 6.07) is -0.580. The number of nitrogens with two attached hydrogens (primary N) is 1. The van der Waals surface area contributed by atoms with Crippen molar-refractivity contribution in [1.82, 2.24) is 5.43 Å². The second-order valence-electron chi connectivity index (χ2n) is 5.84. The Hall–Kier alpha value is -1.06. The number of carbonyl (C=O) groups excluding carboxylic acids is 1. The average molecular weight is 267 g/mol. The molecule has 0 aromatic rings. The molecule has 1 saturated carbocycles. The summed E-state index contributed by atoms with van der Waals surface area (Å²) < 4.78 is 0. The summed E-state index contributed by atoms with van der Waals surface area (Å²) in [5.41, 5.74) is 8.92. The van der Waals surface area contributed by atoms with Crippen LogP contribution in [-0.2, 0) is 0 Å². The maximum atomic E-state index is 10.8. The summed E-state index contributed by atoms with van der Waals surface area (Å²) in [6.45, 7) is 8.77. The third-order valence-electron chi connectivity index (χ3n) is 4.47. The fourth-order valence-electron chi connectivity index (χ4n) is 4.00. The average Bonchev–Trinajstić information content (AvgIpc) is 2.95. The molecular weight excluding hydrogens is 238 g/mol. The van der Waals surface area contributed by atoms with Gasteiger partial charge in [-0.2, -0.15) is 5.10 Å². The van der Waals surface area contributed by atoms with Crippen LogP contribution >= 0.6 is 0 Å². The predicted molar refractivity (Wildman–Crippen MR) is 80.0 cm³/mol. The lowest BCUT2D eigenvalue weighted by atomic mass is 9.89. The first-order chi connectivity index (χ1) is 9.03. The molecule has 0 saturated heterocycles. The van der Waals surface area contributed by atoms with Crippen molar-refractivity contribution in [3.8, 4) is 0 Å². The van der Waals surface area contributed by atoms with Crippen LogP contribution in [0, 0.1) is 17.3 Å². The van der Waals surface area contributed by atoms with Crippen LogP contribution in [0.5, 0.6) is 0 Å². The summed E-state index contributed by atoms with van der Waals surface area (Å²) in [5.74, 6) is 1.26. The summed E-state index contributed by atoms with van der Waals surface area (Å²) in [5, 5.41) is 4.17. The first kappa shape index (κ1) is 16.0. The first-order valence-electron chi connectivity index (χ1n) is 7.63. The number of hydrogen-bond donors (Lipinski definition) is 2. The summed E-state index contributed by atoms with van der Waals surface area (Å²) >= 11 is 0. The number of hydrogen-bond acceptors (Lipinski definition) is 2. The van der Waals surface area contributed by atoms with Gasteiger partial charge < -0.3 is 5.73 Å². The van der Waals surface area contributed by atoms with E-state index in [-0.39, 0.29) is 0 Å². The van der Waals surface area contributed by atoms with Crippen LogP contribution in [0.15, 0.2) is 5.10 Å². The van der Waals surface area contributed by atoms with E-state index in [1.807, 2.05) is 6.92 Å². The minimum absolute atomic E-state index is 0.423. The third-order valence-corrected chi connectivity index (χ3v) is 4.47. The Morgan fingerprint density at radius 3 is 2.21 bits per heavy atom. The van der Waals surface area contributed by atoms with Crippen molar-refractivity contribution in [2.75, 3.05) is 0 Å². The monoisotopic (exact) mass is 267 g/mol. The van der Waals surface area contributed by atoms with Gasteiger partial charge in [0.05, 0.1) is 0 Å². The van der Waals surface area contributed by atoms with Gasteiger partial charge in [0.1, 0.15) is 0 Å². The van der Waals surface area contributed by atoms with Crippen LogP contribution in [0.1, 0.15) is 66.2 Å². The normalized spacial score (nSPS) is 25.2. The third kappa shape index (κ3) is 3.48. The van der Waals surface area contributed by atoms with Gasteiger partial charge in [0, 0.05) is 11.6 Å². The number of rotatable bonds is 8. The number of urea groups is 1. The Morgan fingerprint density at radius 2 is 1.79 bits per heavy atom. The Bertz CT molecular complexity index is 332. The maximum Gasteiger partial charge on any atom is 0.332 e. The van der Waals surface area contributed by atoms with Crippen LogP contribution < -0.4 is 11.2 Å².